The van der Waals surface area contributed by atoms with E-state index in [-0.39, 0.29) is 0 Å². The van der Waals surface area contributed by atoms with Crippen LogP contribution in [0.25, 0.3) is 6.08 Å². The summed E-state index contributed by atoms with van der Waals surface area (Å²) < 4.78 is 0. The molecule has 0 unspecified atom stereocenters. The number of nitrogens with zero attached hydrogens (tertiary/aromatic N) is 2. The highest BCUT2D eigenvalue weighted by Crippen LogP contribution is 2.29. The van der Waals surface area contributed by atoms with E-state index in [1.165, 1.54) is 31.5 Å². The van der Waals surface area contributed by atoms with Gasteiger partial charge in [0.15, 0.2) is 0 Å². The summed E-state index contributed by atoms with van der Waals surface area (Å²) in [5.74, 6) is 0. The molecule has 2 rings (SSSR count). The molecule has 92 valence electrons. The van der Waals surface area contributed by atoms with Gasteiger partial charge in [-0.2, -0.15) is 0 Å². The third kappa shape index (κ3) is 3.86. The van der Waals surface area contributed by atoms with Crippen LogP contribution in [0, 0.1) is 0 Å². The van der Waals surface area contributed by atoms with Crippen LogP contribution in [0.2, 0.25) is 0 Å². The van der Waals surface area contributed by atoms with E-state index in [4.69, 9.17) is 0 Å². The molecule has 2 nitrogen and oxygen atoms in total. The van der Waals surface area contributed by atoms with Crippen LogP contribution in [-0.2, 0) is 0 Å². The first-order valence-electron chi connectivity index (χ1n) is 6.22. The molecular formula is C14H20N2S. The van der Waals surface area contributed by atoms with Crippen molar-refractivity contribution in [2.75, 3.05) is 20.1 Å². The number of pyridine rings is 1. The smallest absolute Gasteiger partial charge is 0.0968 e. The van der Waals surface area contributed by atoms with Crippen molar-refractivity contribution in [3.05, 3.63) is 30.0 Å². The molecule has 0 amide bonds. The first-order chi connectivity index (χ1) is 8.28. The molecule has 0 atom stereocenters. The molecule has 0 aromatic carbocycles. The molecule has 1 fully saturated rings. The highest BCUT2D eigenvalue weighted by atomic mass is 32.2. The molecule has 1 aromatic heterocycles. The summed E-state index contributed by atoms with van der Waals surface area (Å²) in [6.45, 7) is 4.47. The Morgan fingerprint density at radius 3 is 2.88 bits per heavy atom. The van der Waals surface area contributed by atoms with E-state index < -0.39 is 0 Å². The van der Waals surface area contributed by atoms with Crippen molar-refractivity contribution >= 4 is 17.8 Å². The Morgan fingerprint density at radius 1 is 1.41 bits per heavy atom. The maximum Gasteiger partial charge on any atom is 0.0968 e. The summed E-state index contributed by atoms with van der Waals surface area (Å²) in [7, 11) is 2.20. The highest BCUT2D eigenvalue weighted by molar-refractivity contribution is 7.99. The Morgan fingerprint density at radius 2 is 2.18 bits per heavy atom. The predicted molar refractivity (Wildman–Crippen MR) is 75.3 cm³/mol. The van der Waals surface area contributed by atoms with Gasteiger partial charge < -0.3 is 4.90 Å². The van der Waals surface area contributed by atoms with Crippen LogP contribution in [0.1, 0.15) is 25.3 Å². The summed E-state index contributed by atoms with van der Waals surface area (Å²) in [4.78, 5) is 6.85. The Hall–Kier alpha value is -0.800. The Labute approximate surface area is 108 Å². The molecule has 0 radical (unpaired) electrons. The maximum absolute atomic E-state index is 4.45. The van der Waals surface area contributed by atoms with Crippen molar-refractivity contribution in [3.8, 4) is 0 Å². The zero-order valence-corrected chi connectivity index (χ0v) is 11.4. The third-order valence-corrected chi connectivity index (χ3v) is 4.34. The molecule has 0 aliphatic carbocycles. The molecule has 0 bridgehead atoms. The predicted octanol–water partition coefficient (Wildman–Crippen LogP) is 3.30. The normalized spacial score (nSPS) is 18.9. The van der Waals surface area contributed by atoms with E-state index in [1.807, 2.05) is 24.9 Å². The number of allylic oxidation sites excluding steroid dienone is 1. The Kier molecular flexibility index (Phi) is 4.63. The quantitative estimate of drug-likeness (QED) is 0.816. The van der Waals surface area contributed by atoms with Gasteiger partial charge in [-0.05, 0) is 57.6 Å². The van der Waals surface area contributed by atoms with Gasteiger partial charge in [0, 0.05) is 11.4 Å². The lowest BCUT2D eigenvalue weighted by atomic mass is 10.1. The molecule has 3 heteroatoms. The Balaban J connectivity index is 1.96. The maximum atomic E-state index is 4.45. The van der Waals surface area contributed by atoms with Crippen molar-refractivity contribution in [2.45, 2.75) is 30.0 Å². The van der Waals surface area contributed by atoms with Crippen LogP contribution in [0.4, 0.5) is 0 Å². The minimum atomic E-state index is 0.736. The van der Waals surface area contributed by atoms with Gasteiger partial charge in [0.2, 0.25) is 0 Å². The number of rotatable bonds is 3. The van der Waals surface area contributed by atoms with Crippen LogP contribution in [-0.4, -0.2) is 35.3 Å². The van der Waals surface area contributed by atoms with Crippen LogP contribution in [0.5, 0.6) is 0 Å². The molecule has 1 aliphatic heterocycles. The molecule has 0 spiro atoms. The minimum Gasteiger partial charge on any atom is -0.306 e. The zero-order chi connectivity index (χ0) is 12.1. The average Bonchev–Trinajstić information content (AvgIpc) is 2.33. The topological polar surface area (TPSA) is 16.1 Å². The fourth-order valence-electron chi connectivity index (χ4n) is 2.06. The van der Waals surface area contributed by atoms with Crippen molar-refractivity contribution < 1.29 is 0 Å². The molecule has 0 saturated carbocycles. The molecule has 0 N–H and O–H groups in total. The van der Waals surface area contributed by atoms with Crippen LogP contribution >= 0.6 is 11.8 Å². The summed E-state index contributed by atoms with van der Waals surface area (Å²) in [6, 6.07) is 4.24. The largest absolute Gasteiger partial charge is 0.306 e. The number of likely N-dealkylation sites (tertiary alicyclic amines) is 1. The summed E-state index contributed by atoms with van der Waals surface area (Å²) in [5.41, 5.74) is 1.25. The SMILES string of the molecule is C/C=C/c1ccnc(SC2CCN(C)CC2)c1. The van der Waals surface area contributed by atoms with Crippen molar-refractivity contribution in [3.63, 3.8) is 0 Å². The number of piperidine rings is 1. The lowest BCUT2D eigenvalue weighted by Gasteiger charge is -2.28. The molecule has 1 saturated heterocycles. The molecule has 1 aromatic rings. The monoisotopic (exact) mass is 248 g/mol. The second kappa shape index (κ2) is 6.22. The third-order valence-electron chi connectivity index (χ3n) is 3.07. The van der Waals surface area contributed by atoms with E-state index in [9.17, 15) is 0 Å². The first-order valence-corrected chi connectivity index (χ1v) is 7.10. The minimum absolute atomic E-state index is 0.736. The van der Waals surface area contributed by atoms with Gasteiger partial charge in [0.25, 0.3) is 0 Å². The lowest BCUT2D eigenvalue weighted by molar-refractivity contribution is 0.282. The van der Waals surface area contributed by atoms with Crippen LogP contribution in [0.15, 0.2) is 29.4 Å². The number of hydrogen-bond acceptors (Lipinski definition) is 3. The number of aromatic nitrogens is 1. The molecular weight excluding hydrogens is 228 g/mol. The van der Waals surface area contributed by atoms with Gasteiger partial charge in [-0.1, -0.05) is 12.2 Å². The second-order valence-electron chi connectivity index (χ2n) is 4.55. The second-order valence-corrected chi connectivity index (χ2v) is 5.87. The van der Waals surface area contributed by atoms with Gasteiger partial charge in [-0.15, -0.1) is 11.8 Å². The van der Waals surface area contributed by atoms with Crippen LogP contribution < -0.4 is 0 Å². The zero-order valence-electron chi connectivity index (χ0n) is 10.6. The summed E-state index contributed by atoms with van der Waals surface area (Å²) >= 11 is 1.93. The fraction of sp³-hybridized carbons (Fsp3) is 0.500. The molecule has 1 aliphatic rings. The van der Waals surface area contributed by atoms with E-state index in [0.29, 0.717) is 0 Å². The van der Waals surface area contributed by atoms with Crippen molar-refractivity contribution in [1.82, 2.24) is 9.88 Å². The van der Waals surface area contributed by atoms with E-state index in [1.54, 1.807) is 0 Å². The fourth-order valence-corrected chi connectivity index (χ4v) is 3.17. The Bertz CT molecular complexity index is 382. The van der Waals surface area contributed by atoms with Gasteiger partial charge >= 0.3 is 0 Å². The standard InChI is InChI=1S/C14H20N2S/c1-3-4-12-5-8-15-14(11-12)17-13-6-9-16(2)10-7-13/h3-5,8,11,13H,6-7,9-10H2,1-2H3/b4-3+. The van der Waals surface area contributed by atoms with E-state index >= 15 is 0 Å². The first kappa shape index (κ1) is 12.7. The van der Waals surface area contributed by atoms with E-state index in [0.717, 1.165) is 10.3 Å². The van der Waals surface area contributed by atoms with Crippen molar-refractivity contribution in [2.24, 2.45) is 0 Å². The number of hydrogen-bond donors (Lipinski definition) is 0. The van der Waals surface area contributed by atoms with Gasteiger partial charge in [0.05, 0.1) is 5.03 Å². The molecule has 2 heterocycles. The van der Waals surface area contributed by atoms with Gasteiger partial charge in [-0.25, -0.2) is 4.98 Å². The van der Waals surface area contributed by atoms with E-state index in [2.05, 4.69) is 41.2 Å². The van der Waals surface area contributed by atoms with Crippen molar-refractivity contribution in [1.29, 1.82) is 0 Å². The summed E-state index contributed by atoms with van der Waals surface area (Å²) in [5, 5.41) is 1.90. The molecule has 17 heavy (non-hydrogen) atoms. The van der Waals surface area contributed by atoms with Crippen LogP contribution in [0.3, 0.4) is 0 Å². The van der Waals surface area contributed by atoms with Gasteiger partial charge in [-0.3, -0.25) is 0 Å². The number of thioether (sulfide) groups is 1. The average molecular weight is 248 g/mol. The lowest BCUT2D eigenvalue weighted by Crippen LogP contribution is -2.31. The van der Waals surface area contributed by atoms with Gasteiger partial charge in [0.1, 0.15) is 0 Å². The summed E-state index contributed by atoms with van der Waals surface area (Å²) in [6.07, 6.45) is 8.65. The highest BCUT2D eigenvalue weighted by Gasteiger charge is 2.17.